The molecule has 0 radical (unpaired) electrons. The van der Waals surface area contributed by atoms with Gasteiger partial charge in [0.25, 0.3) is 0 Å². The number of carbonyl (C=O) groups is 4. The summed E-state index contributed by atoms with van der Waals surface area (Å²) in [7, 11) is 0. The Balaban J connectivity index is 1.19. The van der Waals surface area contributed by atoms with Crippen molar-refractivity contribution in [2.75, 3.05) is 13.1 Å². The van der Waals surface area contributed by atoms with Crippen LogP contribution in [-0.4, -0.2) is 64.8 Å². The van der Waals surface area contributed by atoms with Crippen LogP contribution in [0.4, 0.5) is 4.79 Å². The number of alkyl carbamates (subject to hydrolysis) is 1. The highest BCUT2D eigenvalue weighted by atomic mass is 16.6. The largest absolute Gasteiger partial charge is 0.481 e. The van der Waals surface area contributed by atoms with E-state index in [1.807, 2.05) is 25.7 Å². The molecule has 1 heterocycles. The zero-order valence-corrected chi connectivity index (χ0v) is 36.2. The van der Waals surface area contributed by atoms with Crippen LogP contribution in [0.1, 0.15) is 160 Å². The van der Waals surface area contributed by atoms with Crippen LogP contribution >= 0.6 is 0 Å². The Morgan fingerprint density at radius 1 is 0.836 bits per heavy atom. The number of nitrogens with zero attached hydrogens (tertiary/aromatic N) is 1. The van der Waals surface area contributed by atoms with Crippen molar-refractivity contribution in [1.82, 2.24) is 10.2 Å². The molecule has 9 nitrogen and oxygen atoms in total. The van der Waals surface area contributed by atoms with Gasteiger partial charge in [0.05, 0.1) is 17.9 Å². The summed E-state index contributed by atoms with van der Waals surface area (Å²) >= 11 is 0. The fraction of sp³-hybridized carbons (Fsp3) is 0.870. The quantitative estimate of drug-likeness (QED) is 0.186. The number of rotatable bonds is 8. The molecule has 2 amide bonds. The average Bonchev–Trinajstić information content (AvgIpc) is 3.67. The number of likely N-dealkylation sites (tertiary alicyclic amines) is 1. The van der Waals surface area contributed by atoms with Gasteiger partial charge < -0.3 is 24.8 Å². The summed E-state index contributed by atoms with van der Waals surface area (Å²) in [4.78, 5) is 53.7. The van der Waals surface area contributed by atoms with Crippen molar-refractivity contribution in [2.24, 2.45) is 62.1 Å². The normalized spacial score (nSPS) is 40.9. The lowest BCUT2D eigenvalue weighted by molar-refractivity contribution is -0.250. The zero-order valence-electron chi connectivity index (χ0n) is 36.2. The summed E-state index contributed by atoms with van der Waals surface area (Å²) < 4.78 is 11.7. The first-order chi connectivity index (χ1) is 25.3. The van der Waals surface area contributed by atoms with E-state index in [1.165, 1.54) is 18.4 Å². The fourth-order valence-electron chi connectivity index (χ4n) is 14.4. The van der Waals surface area contributed by atoms with E-state index in [1.54, 1.807) is 13.8 Å². The lowest BCUT2D eigenvalue weighted by atomic mass is 9.32. The first-order valence-corrected chi connectivity index (χ1v) is 21.7. The van der Waals surface area contributed by atoms with E-state index < -0.39 is 29.0 Å². The molecular weight excluding hydrogens is 693 g/mol. The Labute approximate surface area is 331 Å². The molecule has 0 aromatic rings. The summed E-state index contributed by atoms with van der Waals surface area (Å²) in [5.74, 6) is 1.21. The van der Waals surface area contributed by atoms with Gasteiger partial charge in [0.1, 0.15) is 11.7 Å². The number of carbonyl (C=O) groups excluding carboxylic acids is 3. The molecule has 55 heavy (non-hydrogen) atoms. The molecule has 0 spiro atoms. The van der Waals surface area contributed by atoms with Crippen molar-refractivity contribution in [1.29, 1.82) is 0 Å². The Hall–Kier alpha value is -2.58. The number of carboxylic acid groups (broad SMARTS) is 1. The average molecular weight is 767 g/mol. The van der Waals surface area contributed by atoms with Gasteiger partial charge in [-0.05, 0) is 163 Å². The maximum Gasteiger partial charge on any atom is 0.407 e. The molecule has 2 N–H and O–H groups in total. The van der Waals surface area contributed by atoms with Crippen LogP contribution in [0.3, 0.4) is 0 Å². The number of esters is 1. The molecule has 5 aliphatic carbocycles. The highest BCUT2D eigenvalue weighted by molar-refractivity contribution is 5.81. The Kier molecular flexibility index (Phi) is 10.7. The predicted octanol–water partition coefficient (Wildman–Crippen LogP) is 9.57. The molecule has 0 bridgehead atoms. The minimum absolute atomic E-state index is 0.0228. The minimum Gasteiger partial charge on any atom is -0.481 e. The number of fused-ring (bicyclic) bond motifs is 7. The summed E-state index contributed by atoms with van der Waals surface area (Å²) in [5.41, 5.74) is -0.276. The maximum atomic E-state index is 14.3. The minimum atomic E-state index is -1.16. The van der Waals surface area contributed by atoms with Gasteiger partial charge in [0.2, 0.25) is 5.91 Å². The fourth-order valence-corrected chi connectivity index (χ4v) is 14.4. The van der Waals surface area contributed by atoms with Crippen molar-refractivity contribution < 1.29 is 33.8 Å². The van der Waals surface area contributed by atoms with Gasteiger partial charge in [-0.3, -0.25) is 14.4 Å². The Bertz CT molecular complexity index is 1560. The van der Waals surface area contributed by atoms with Crippen LogP contribution in [0.5, 0.6) is 0 Å². The summed E-state index contributed by atoms with van der Waals surface area (Å²) in [5, 5.41) is 12.6. The van der Waals surface area contributed by atoms with Gasteiger partial charge in [-0.2, -0.15) is 0 Å². The van der Waals surface area contributed by atoms with Crippen molar-refractivity contribution in [3.05, 3.63) is 12.2 Å². The topological polar surface area (TPSA) is 122 Å². The second-order valence-electron chi connectivity index (χ2n) is 22.4. The molecule has 1 saturated heterocycles. The molecule has 5 saturated carbocycles. The molecule has 6 fully saturated rings. The number of nitrogens with one attached hydrogen (secondary N) is 1. The third kappa shape index (κ3) is 7.16. The molecule has 0 aromatic carbocycles. The lowest BCUT2D eigenvalue weighted by Gasteiger charge is -2.73. The van der Waals surface area contributed by atoms with Crippen LogP contribution in [-0.2, 0) is 23.9 Å². The third-order valence-corrected chi connectivity index (χ3v) is 17.4. The molecule has 6 aliphatic rings. The molecule has 1 aliphatic heterocycles. The molecule has 0 aromatic heterocycles. The highest BCUT2D eigenvalue weighted by Gasteiger charge is 2.71. The van der Waals surface area contributed by atoms with E-state index in [-0.39, 0.29) is 51.5 Å². The number of amides is 2. The smallest absolute Gasteiger partial charge is 0.407 e. The summed E-state index contributed by atoms with van der Waals surface area (Å²) in [6.45, 7) is 29.2. The van der Waals surface area contributed by atoms with Crippen molar-refractivity contribution in [3.8, 4) is 0 Å². The number of carboxylic acids is 1. The van der Waals surface area contributed by atoms with E-state index in [0.717, 1.165) is 57.8 Å². The SMILES string of the molecule is C=C(C)C1CC[C@]2(CC(=O)N3CC[C@@H](NC(=O)OC(C)(C)C)C3)CC[C@]3(C)[C@H](CC[C@@H]4[C@@]5(C)CC[C@H](OC(=O)CC(C)(C)C(=O)O)C(C)(C)[C@@H]5CC[C@]43C)[C@@H]12. The van der Waals surface area contributed by atoms with Crippen LogP contribution < -0.4 is 5.32 Å². The van der Waals surface area contributed by atoms with Crippen LogP contribution in [0.25, 0.3) is 0 Å². The highest BCUT2D eigenvalue weighted by Crippen LogP contribution is 2.78. The van der Waals surface area contributed by atoms with E-state index >= 15 is 0 Å². The number of aliphatic carboxylic acids is 1. The molecule has 6 rings (SSSR count). The van der Waals surface area contributed by atoms with Gasteiger partial charge in [0, 0.05) is 24.9 Å². The zero-order chi connectivity index (χ0) is 40.7. The lowest BCUT2D eigenvalue weighted by Crippen LogP contribution is -2.67. The maximum absolute atomic E-state index is 14.3. The van der Waals surface area contributed by atoms with Crippen LogP contribution in [0.15, 0.2) is 12.2 Å². The monoisotopic (exact) mass is 767 g/mol. The first kappa shape index (κ1) is 42.0. The van der Waals surface area contributed by atoms with E-state index in [9.17, 15) is 24.3 Å². The number of hydrogen-bond donors (Lipinski definition) is 2. The number of ether oxygens (including phenoxy) is 2. The first-order valence-electron chi connectivity index (χ1n) is 21.7. The van der Waals surface area contributed by atoms with Crippen LogP contribution in [0, 0.1) is 62.1 Å². The van der Waals surface area contributed by atoms with Gasteiger partial charge >= 0.3 is 18.0 Å². The summed E-state index contributed by atoms with van der Waals surface area (Å²) in [6.07, 6.45) is 11.4. The second kappa shape index (κ2) is 14.1. The van der Waals surface area contributed by atoms with Gasteiger partial charge in [-0.25, -0.2) is 4.79 Å². The Morgan fingerprint density at radius 2 is 1.53 bits per heavy atom. The predicted molar refractivity (Wildman–Crippen MR) is 214 cm³/mol. The van der Waals surface area contributed by atoms with E-state index in [2.05, 4.69) is 53.4 Å². The van der Waals surface area contributed by atoms with Gasteiger partial charge in [-0.1, -0.05) is 46.8 Å². The second-order valence-corrected chi connectivity index (χ2v) is 22.4. The molecular formula is C46H74N2O7. The third-order valence-electron chi connectivity index (χ3n) is 17.4. The molecule has 9 heteroatoms. The number of allylic oxidation sites excluding steroid dienone is 1. The van der Waals surface area contributed by atoms with E-state index in [0.29, 0.717) is 49.1 Å². The van der Waals surface area contributed by atoms with Crippen LogP contribution in [0.2, 0.25) is 0 Å². The standard InChI is InChI=1S/C46H74N2O7/c1-28(2)30-15-21-46(25-35(49)48-24-18-29(27-48)47-39(53)55-40(3,4)5)23-22-44(11)31(37(30)46)13-14-33-43(10)19-17-34(54-36(50)26-41(6,7)38(51)52)42(8,9)32(43)16-20-45(33,44)12/h29-34,37H,1,13-27H2,2-12H3,(H,47,53)(H,51,52)/t29-,30?,31-,32+,33-,34+,37-,43+,44-,45-,46-/m1/s1. The van der Waals surface area contributed by atoms with Gasteiger partial charge in [-0.15, -0.1) is 0 Å². The molecule has 11 atom stereocenters. The van der Waals surface area contributed by atoms with Gasteiger partial charge in [0.15, 0.2) is 0 Å². The van der Waals surface area contributed by atoms with E-state index in [4.69, 9.17) is 9.47 Å². The van der Waals surface area contributed by atoms with Crippen molar-refractivity contribution >= 4 is 23.9 Å². The molecule has 1 unspecified atom stereocenters. The Morgan fingerprint density at radius 3 is 2.16 bits per heavy atom. The van der Waals surface area contributed by atoms with Crippen molar-refractivity contribution in [2.45, 2.75) is 177 Å². The summed E-state index contributed by atoms with van der Waals surface area (Å²) in [6, 6.07) is -0.0867. The molecule has 310 valence electrons. The number of hydrogen-bond acceptors (Lipinski definition) is 6. The van der Waals surface area contributed by atoms with Crippen molar-refractivity contribution in [3.63, 3.8) is 0 Å².